The van der Waals surface area contributed by atoms with Gasteiger partial charge in [-0.15, -0.1) is 0 Å². The van der Waals surface area contributed by atoms with E-state index in [9.17, 15) is 13.2 Å². The second-order valence-corrected chi connectivity index (χ2v) is 2.27. The lowest BCUT2D eigenvalue weighted by molar-refractivity contribution is -0.272. The van der Waals surface area contributed by atoms with E-state index in [1.165, 1.54) is 0 Å². The molecule has 0 amide bonds. The van der Waals surface area contributed by atoms with Crippen LogP contribution in [0.5, 0.6) is 0 Å². The average Bonchev–Trinajstić information content (AvgIpc) is 1.57. The normalized spacial score (nSPS) is 21.3. The minimum atomic E-state index is -4.21. The highest BCUT2D eigenvalue weighted by Gasteiger charge is 2.41. The van der Waals surface area contributed by atoms with Crippen molar-refractivity contribution >= 4 is 0 Å². The zero-order valence-corrected chi connectivity index (χ0v) is 5.48. The fourth-order valence-corrected chi connectivity index (χ4v) is 0.654. The first-order valence-electron chi connectivity index (χ1n) is 2.89. The molecule has 2 nitrogen and oxygen atoms in total. The number of ether oxygens (including phenoxy) is 1. The number of halogens is 3. The molecule has 1 fully saturated rings. The minimum absolute atomic E-state index is 0.190. The Morgan fingerprint density at radius 3 is 2.00 bits per heavy atom. The van der Waals surface area contributed by atoms with E-state index in [4.69, 9.17) is 0 Å². The van der Waals surface area contributed by atoms with Crippen molar-refractivity contribution < 1.29 is 17.9 Å². The zero-order valence-electron chi connectivity index (χ0n) is 5.48. The van der Waals surface area contributed by atoms with Gasteiger partial charge in [-0.25, -0.2) is 4.90 Å². The Bertz CT molecular complexity index is 121. The van der Waals surface area contributed by atoms with Gasteiger partial charge in [-0.2, -0.15) is 13.2 Å². The van der Waals surface area contributed by atoms with Crippen LogP contribution in [0.2, 0.25) is 0 Å². The van der Waals surface area contributed by atoms with Crippen LogP contribution in [-0.2, 0) is 4.74 Å². The predicted molar refractivity (Wildman–Crippen MR) is 28.4 cm³/mol. The summed E-state index contributed by atoms with van der Waals surface area (Å²) in [4.78, 5) is 0.372. The molecule has 1 rings (SSSR count). The van der Waals surface area contributed by atoms with Gasteiger partial charge in [0.1, 0.15) is 0 Å². The van der Waals surface area contributed by atoms with Crippen molar-refractivity contribution in [2.24, 2.45) is 0 Å². The monoisotopic (exact) mass is 155 g/mol. The van der Waals surface area contributed by atoms with Gasteiger partial charge in [-0.1, -0.05) is 0 Å². The van der Waals surface area contributed by atoms with Gasteiger partial charge in [0.05, 0.1) is 19.3 Å². The maximum absolute atomic E-state index is 11.8. The molecule has 10 heavy (non-hydrogen) atoms. The third-order valence-electron chi connectivity index (χ3n) is 1.57. The molecule has 0 spiro atoms. The van der Waals surface area contributed by atoms with Crippen molar-refractivity contribution in [3.8, 4) is 0 Å². The van der Waals surface area contributed by atoms with E-state index < -0.39 is 12.3 Å². The summed E-state index contributed by atoms with van der Waals surface area (Å²) >= 11 is 0. The average molecular weight is 155 g/mol. The summed E-state index contributed by atoms with van der Waals surface area (Å²) < 4.78 is 40.0. The van der Waals surface area contributed by atoms with Crippen LogP contribution in [0.25, 0.3) is 0 Å². The topological polar surface area (TPSA) is 12.5 Å². The van der Waals surface area contributed by atoms with Gasteiger partial charge in [0, 0.05) is 0 Å². The summed E-state index contributed by atoms with van der Waals surface area (Å²) in [5, 5.41) is 0. The second-order valence-electron chi connectivity index (χ2n) is 2.27. The van der Waals surface area contributed by atoms with Crippen molar-refractivity contribution in [1.29, 1.82) is 0 Å². The van der Waals surface area contributed by atoms with Gasteiger partial charge in [-0.3, -0.25) is 0 Å². The summed E-state index contributed by atoms with van der Waals surface area (Å²) in [7, 11) is 1.03. The third kappa shape index (κ3) is 1.41. The van der Waals surface area contributed by atoms with Crippen LogP contribution >= 0.6 is 0 Å². The van der Waals surface area contributed by atoms with Gasteiger partial charge in [0.25, 0.3) is 0 Å². The van der Waals surface area contributed by atoms with E-state index in [1.54, 1.807) is 0 Å². The molecule has 1 aliphatic rings. The SMILES string of the molecule is CN(C1COC1)C(F)(F)F. The van der Waals surface area contributed by atoms with E-state index in [-0.39, 0.29) is 13.2 Å². The first kappa shape index (κ1) is 7.81. The summed E-state index contributed by atoms with van der Waals surface area (Å²) in [6, 6.07) is -0.472. The Kier molecular flexibility index (Phi) is 1.87. The molecule has 0 aliphatic carbocycles. The Morgan fingerprint density at radius 2 is 1.90 bits per heavy atom. The van der Waals surface area contributed by atoms with Gasteiger partial charge >= 0.3 is 6.30 Å². The largest absolute Gasteiger partial charge is 0.460 e. The summed E-state index contributed by atoms with van der Waals surface area (Å²) in [6.45, 7) is 0.381. The summed E-state index contributed by atoms with van der Waals surface area (Å²) in [5.74, 6) is 0. The smallest absolute Gasteiger partial charge is 0.378 e. The van der Waals surface area contributed by atoms with E-state index in [2.05, 4.69) is 4.74 Å². The molecule has 1 saturated heterocycles. The van der Waals surface area contributed by atoms with Crippen molar-refractivity contribution in [2.75, 3.05) is 20.3 Å². The predicted octanol–water partition coefficient (Wildman–Crippen LogP) is 0.837. The highest BCUT2D eigenvalue weighted by molar-refractivity contribution is 4.75. The van der Waals surface area contributed by atoms with Crippen LogP contribution in [-0.4, -0.2) is 37.5 Å². The van der Waals surface area contributed by atoms with Gasteiger partial charge in [0.15, 0.2) is 0 Å². The molecule has 0 N–H and O–H groups in total. The van der Waals surface area contributed by atoms with Gasteiger partial charge < -0.3 is 4.74 Å². The Hall–Kier alpha value is -0.290. The zero-order chi connectivity index (χ0) is 7.78. The molecule has 0 saturated carbocycles. The fourth-order valence-electron chi connectivity index (χ4n) is 0.654. The van der Waals surface area contributed by atoms with E-state index in [0.717, 1.165) is 7.05 Å². The van der Waals surface area contributed by atoms with Crippen LogP contribution < -0.4 is 0 Å². The molecular formula is C5H8F3NO. The van der Waals surface area contributed by atoms with Gasteiger partial charge in [0.2, 0.25) is 0 Å². The maximum atomic E-state index is 11.8. The lowest BCUT2D eigenvalue weighted by Gasteiger charge is -2.35. The molecular weight excluding hydrogens is 147 g/mol. The maximum Gasteiger partial charge on any atom is 0.460 e. The highest BCUT2D eigenvalue weighted by atomic mass is 19.4. The molecule has 0 aromatic carbocycles. The van der Waals surface area contributed by atoms with Crippen LogP contribution in [0.15, 0.2) is 0 Å². The van der Waals surface area contributed by atoms with E-state index in [0.29, 0.717) is 4.90 Å². The first-order valence-corrected chi connectivity index (χ1v) is 2.89. The van der Waals surface area contributed by atoms with Crippen LogP contribution in [0.4, 0.5) is 13.2 Å². The molecule has 0 atom stereocenters. The fraction of sp³-hybridized carbons (Fsp3) is 1.00. The second kappa shape index (κ2) is 2.39. The highest BCUT2D eigenvalue weighted by Crippen LogP contribution is 2.24. The Labute approximate surface area is 56.6 Å². The molecule has 0 aromatic rings. The van der Waals surface area contributed by atoms with Gasteiger partial charge in [-0.05, 0) is 7.05 Å². The number of hydrogen-bond acceptors (Lipinski definition) is 2. The molecule has 0 radical (unpaired) electrons. The Morgan fingerprint density at radius 1 is 1.40 bits per heavy atom. The Balaban J connectivity index is 2.39. The number of hydrogen-bond donors (Lipinski definition) is 0. The van der Waals surface area contributed by atoms with Crippen molar-refractivity contribution in [3.05, 3.63) is 0 Å². The van der Waals surface area contributed by atoms with E-state index >= 15 is 0 Å². The minimum Gasteiger partial charge on any atom is -0.378 e. The third-order valence-corrected chi connectivity index (χ3v) is 1.57. The molecule has 1 aliphatic heterocycles. The van der Waals surface area contributed by atoms with Crippen LogP contribution in [0, 0.1) is 0 Å². The quantitative estimate of drug-likeness (QED) is 0.520. The number of likely N-dealkylation sites (N-methyl/N-ethyl adjacent to an activating group) is 1. The standard InChI is InChI=1S/C5H8F3NO/c1-9(5(6,7)8)4-2-10-3-4/h4H,2-3H2,1H3. The number of alkyl halides is 3. The molecule has 0 aromatic heterocycles. The molecule has 5 heteroatoms. The summed E-state index contributed by atoms with van der Waals surface area (Å²) in [6.07, 6.45) is -4.21. The lowest BCUT2D eigenvalue weighted by Crippen LogP contribution is -2.52. The molecule has 0 bridgehead atoms. The molecule has 0 unspecified atom stereocenters. The number of rotatable bonds is 1. The number of nitrogens with zero attached hydrogens (tertiary/aromatic N) is 1. The van der Waals surface area contributed by atoms with Crippen LogP contribution in [0.3, 0.4) is 0 Å². The van der Waals surface area contributed by atoms with Crippen LogP contribution in [0.1, 0.15) is 0 Å². The van der Waals surface area contributed by atoms with Crippen molar-refractivity contribution in [1.82, 2.24) is 4.90 Å². The van der Waals surface area contributed by atoms with Crippen molar-refractivity contribution in [2.45, 2.75) is 12.3 Å². The first-order chi connectivity index (χ1) is 4.52. The molecule has 1 heterocycles. The lowest BCUT2D eigenvalue weighted by atomic mass is 10.2. The van der Waals surface area contributed by atoms with E-state index in [1.807, 2.05) is 0 Å². The molecule has 60 valence electrons. The summed E-state index contributed by atoms with van der Waals surface area (Å²) in [5.41, 5.74) is 0. The van der Waals surface area contributed by atoms with Crippen molar-refractivity contribution in [3.63, 3.8) is 0 Å².